The van der Waals surface area contributed by atoms with E-state index in [9.17, 15) is 4.79 Å². The van der Waals surface area contributed by atoms with Crippen molar-refractivity contribution < 1.29 is 4.79 Å². The Morgan fingerprint density at radius 2 is 2.25 bits per heavy atom. The predicted octanol–water partition coefficient (Wildman–Crippen LogP) is 1.43. The number of nitrogens with one attached hydrogen (secondary N) is 2. The number of amides is 2. The highest BCUT2D eigenvalue weighted by atomic mass is 16.2. The lowest BCUT2D eigenvalue weighted by atomic mass is 9.98. The second-order valence-electron chi connectivity index (χ2n) is 4.91. The maximum absolute atomic E-state index is 11.4. The fourth-order valence-electron chi connectivity index (χ4n) is 2.16. The average molecular weight is 227 g/mol. The Morgan fingerprint density at radius 1 is 1.50 bits per heavy atom. The van der Waals surface area contributed by atoms with Crippen LogP contribution in [0.3, 0.4) is 0 Å². The molecule has 1 fully saturated rings. The van der Waals surface area contributed by atoms with Crippen molar-refractivity contribution in [3.8, 4) is 0 Å². The molecule has 1 saturated heterocycles. The second-order valence-corrected chi connectivity index (χ2v) is 4.91. The fourth-order valence-corrected chi connectivity index (χ4v) is 2.16. The number of carbonyl (C=O) groups excluding carboxylic acids is 1. The number of urea groups is 1. The molecule has 0 radical (unpaired) electrons. The van der Waals surface area contributed by atoms with E-state index in [4.69, 9.17) is 0 Å². The van der Waals surface area contributed by atoms with E-state index >= 15 is 0 Å². The summed E-state index contributed by atoms with van der Waals surface area (Å²) in [5.41, 5.74) is 0. The van der Waals surface area contributed by atoms with Gasteiger partial charge in [-0.3, -0.25) is 0 Å². The third kappa shape index (κ3) is 4.84. The van der Waals surface area contributed by atoms with Gasteiger partial charge in [0.05, 0.1) is 0 Å². The molecule has 0 aromatic heterocycles. The molecule has 1 atom stereocenters. The van der Waals surface area contributed by atoms with E-state index in [2.05, 4.69) is 22.5 Å². The van der Waals surface area contributed by atoms with Crippen molar-refractivity contribution in [1.29, 1.82) is 0 Å². The first-order chi connectivity index (χ1) is 7.61. The van der Waals surface area contributed by atoms with Gasteiger partial charge < -0.3 is 15.5 Å². The lowest BCUT2D eigenvalue weighted by molar-refractivity contribution is 0.179. The van der Waals surface area contributed by atoms with Gasteiger partial charge in [-0.25, -0.2) is 4.79 Å². The van der Waals surface area contributed by atoms with Crippen molar-refractivity contribution in [2.45, 2.75) is 39.7 Å². The lowest BCUT2D eigenvalue weighted by Gasteiger charge is -2.31. The molecule has 1 unspecified atom stereocenters. The summed E-state index contributed by atoms with van der Waals surface area (Å²) in [6, 6.07) is 0.169. The van der Waals surface area contributed by atoms with E-state index in [1.54, 1.807) is 0 Å². The van der Waals surface area contributed by atoms with Crippen LogP contribution in [0.5, 0.6) is 0 Å². The summed E-state index contributed by atoms with van der Waals surface area (Å²) >= 11 is 0. The molecule has 16 heavy (non-hydrogen) atoms. The molecule has 0 aromatic carbocycles. The normalized spacial score (nSPS) is 22.1. The number of likely N-dealkylation sites (tertiary alicyclic amines) is 1. The molecule has 2 amide bonds. The number of carbonyl (C=O) groups is 1. The fraction of sp³-hybridized carbons (Fsp3) is 0.917. The number of hydrogen-bond acceptors (Lipinski definition) is 2. The molecule has 0 aromatic rings. The predicted molar refractivity (Wildman–Crippen MR) is 66.5 cm³/mol. The minimum atomic E-state index is -0.0383. The highest BCUT2D eigenvalue weighted by Crippen LogP contribution is 2.14. The van der Waals surface area contributed by atoms with E-state index in [0.29, 0.717) is 5.92 Å². The quantitative estimate of drug-likeness (QED) is 0.763. The standard InChI is InChI=1S/C12H25N3O/c1-4-15-7-5-6-11(9-15)8-13-12(16)14-10(2)3/h10-11H,4-9H2,1-3H3,(H2,13,14,16). The van der Waals surface area contributed by atoms with Gasteiger partial charge in [0.1, 0.15) is 0 Å². The van der Waals surface area contributed by atoms with Gasteiger partial charge in [0, 0.05) is 19.1 Å². The highest BCUT2D eigenvalue weighted by Gasteiger charge is 2.18. The first-order valence-corrected chi connectivity index (χ1v) is 6.38. The van der Waals surface area contributed by atoms with Gasteiger partial charge in [0.15, 0.2) is 0 Å². The van der Waals surface area contributed by atoms with Crippen LogP contribution in [0, 0.1) is 5.92 Å². The van der Waals surface area contributed by atoms with Gasteiger partial charge >= 0.3 is 6.03 Å². The van der Waals surface area contributed by atoms with E-state index in [-0.39, 0.29) is 12.1 Å². The molecular formula is C12H25N3O. The van der Waals surface area contributed by atoms with Crippen molar-refractivity contribution in [1.82, 2.24) is 15.5 Å². The van der Waals surface area contributed by atoms with Crippen molar-refractivity contribution >= 4 is 6.03 Å². The Kier molecular flexibility index (Phi) is 5.60. The molecule has 0 aliphatic carbocycles. The van der Waals surface area contributed by atoms with Crippen LogP contribution >= 0.6 is 0 Å². The summed E-state index contributed by atoms with van der Waals surface area (Å²) < 4.78 is 0. The summed E-state index contributed by atoms with van der Waals surface area (Å²) in [7, 11) is 0. The van der Waals surface area contributed by atoms with Crippen LogP contribution < -0.4 is 10.6 Å². The van der Waals surface area contributed by atoms with Gasteiger partial charge in [-0.15, -0.1) is 0 Å². The first-order valence-electron chi connectivity index (χ1n) is 6.38. The van der Waals surface area contributed by atoms with E-state index in [0.717, 1.165) is 19.6 Å². The molecule has 94 valence electrons. The Balaban J connectivity index is 2.19. The maximum atomic E-state index is 11.4. The third-order valence-electron chi connectivity index (χ3n) is 3.02. The first kappa shape index (κ1) is 13.3. The SMILES string of the molecule is CCN1CCCC(CNC(=O)NC(C)C)C1. The summed E-state index contributed by atoms with van der Waals surface area (Å²) in [4.78, 5) is 13.9. The molecule has 1 aliphatic heterocycles. The Labute approximate surface area is 98.8 Å². The minimum absolute atomic E-state index is 0.0383. The number of piperidine rings is 1. The Morgan fingerprint density at radius 3 is 2.88 bits per heavy atom. The second kappa shape index (κ2) is 6.74. The molecule has 0 bridgehead atoms. The Bertz CT molecular complexity index is 218. The third-order valence-corrected chi connectivity index (χ3v) is 3.02. The molecular weight excluding hydrogens is 202 g/mol. The molecule has 2 N–H and O–H groups in total. The van der Waals surface area contributed by atoms with Crippen LogP contribution in [-0.4, -0.2) is 43.2 Å². The highest BCUT2D eigenvalue weighted by molar-refractivity contribution is 5.74. The topological polar surface area (TPSA) is 44.4 Å². The average Bonchev–Trinajstić information content (AvgIpc) is 2.26. The van der Waals surface area contributed by atoms with E-state index < -0.39 is 0 Å². The number of hydrogen-bond donors (Lipinski definition) is 2. The van der Waals surface area contributed by atoms with Gasteiger partial charge in [-0.2, -0.15) is 0 Å². The summed E-state index contributed by atoms with van der Waals surface area (Å²) in [5, 5.41) is 5.80. The molecule has 4 nitrogen and oxygen atoms in total. The van der Waals surface area contributed by atoms with Crippen LogP contribution in [-0.2, 0) is 0 Å². The van der Waals surface area contributed by atoms with Crippen molar-refractivity contribution in [3.05, 3.63) is 0 Å². The van der Waals surface area contributed by atoms with Crippen molar-refractivity contribution in [3.63, 3.8) is 0 Å². The molecule has 4 heteroatoms. The summed E-state index contributed by atoms with van der Waals surface area (Å²) in [6.45, 7) is 10.4. The van der Waals surface area contributed by atoms with Gasteiger partial charge in [-0.05, 0) is 45.7 Å². The minimum Gasteiger partial charge on any atom is -0.338 e. The lowest BCUT2D eigenvalue weighted by Crippen LogP contribution is -2.45. The molecule has 1 rings (SSSR count). The molecule has 1 heterocycles. The van der Waals surface area contributed by atoms with Gasteiger partial charge in [0.2, 0.25) is 0 Å². The van der Waals surface area contributed by atoms with Crippen LogP contribution in [0.2, 0.25) is 0 Å². The van der Waals surface area contributed by atoms with Crippen LogP contribution in [0.1, 0.15) is 33.6 Å². The number of rotatable bonds is 4. The molecule has 1 aliphatic rings. The van der Waals surface area contributed by atoms with Crippen molar-refractivity contribution in [2.75, 3.05) is 26.2 Å². The Hall–Kier alpha value is -0.770. The molecule has 0 saturated carbocycles. The zero-order valence-corrected chi connectivity index (χ0v) is 10.8. The van der Waals surface area contributed by atoms with E-state index in [1.165, 1.54) is 19.4 Å². The van der Waals surface area contributed by atoms with E-state index in [1.807, 2.05) is 13.8 Å². The van der Waals surface area contributed by atoms with Crippen LogP contribution in [0.15, 0.2) is 0 Å². The summed E-state index contributed by atoms with van der Waals surface area (Å²) in [6.07, 6.45) is 2.49. The van der Waals surface area contributed by atoms with Gasteiger partial charge in [-0.1, -0.05) is 6.92 Å². The zero-order chi connectivity index (χ0) is 12.0. The number of nitrogens with zero attached hydrogens (tertiary/aromatic N) is 1. The van der Waals surface area contributed by atoms with Crippen molar-refractivity contribution in [2.24, 2.45) is 5.92 Å². The molecule has 0 spiro atoms. The van der Waals surface area contributed by atoms with Gasteiger partial charge in [0.25, 0.3) is 0 Å². The van der Waals surface area contributed by atoms with Crippen LogP contribution in [0.25, 0.3) is 0 Å². The largest absolute Gasteiger partial charge is 0.338 e. The zero-order valence-electron chi connectivity index (χ0n) is 10.8. The smallest absolute Gasteiger partial charge is 0.314 e. The van der Waals surface area contributed by atoms with Crippen LogP contribution in [0.4, 0.5) is 4.79 Å². The maximum Gasteiger partial charge on any atom is 0.314 e. The monoisotopic (exact) mass is 227 g/mol. The summed E-state index contributed by atoms with van der Waals surface area (Å²) in [5.74, 6) is 0.617.